The number of fused-ring (bicyclic) bond motifs is 5. The van der Waals surface area contributed by atoms with Crippen LogP contribution >= 0.6 is 0 Å². The molecule has 3 heterocycles. The van der Waals surface area contributed by atoms with Gasteiger partial charge in [0, 0.05) is 11.5 Å². The van der Waals surface area contributed by atoms with E-state index in [1.165, 1.54) is 0 Å². The number of aliphatic hydroxyl groups is 8. The lowest BCUT2D eigenvalue weighted by Crippen LogP contribution is -2.65. The molecule has 6 fully saturated rings. The predicted octanol–water partition coefficient (Wildman–Crippen LogP) is -0.747. The second kappa shape index (κ2) is 13.3. The summed E-state index contributed by atoms with van der Waals surface area (Å²) in [6.07, 6.45) is -6.20. The molecule has 2 saturated heterocycles. The molecule has 18 atom stereocenters. The third kappa shape index (κ3) is 5.73. The quantitative estimate of drug-likeness (QED) is 0.121. The fourth-order valence-corrected chi connectivity index (χ4v) is 11.3. The molecule has 278 valence electrons. The number of carbonyl (C=O) groups excluding carboxylic acids is 1. The first-order valence-corrected chi connectivity index (χ1v) is 18.1. The molecule has 14 heteroatoms. The molecule has 0 aromatic carbocycles. The molecular weight excluding hydrogens is 644 g/mol. The van der Waals surface area contributed by atoms with Crippen molar-refractivity contribution < 1.29 is 69.3 Å². The van der Waals surface area contributed by atoms with Gasteiger partial charge in [-0.15, -0.1) is 0 Å². The van der Waals surface area contributed by atoms with Crippen LogP contribution in [-0.2, 0) is 28.5 Å². The molecule has 0 radical (unpaired) electrons. The molecule has 0 aromatic heterocycles. The fourth-order valence-electron chi connectivity index (χ4n) is 11.3. The summed E-state index contributed by atoms with van der Waals surface area (Å²) in [4.78, 5) is 11.9. The van der Waals surface area contributed by atoms with E-state index in [1.807, 2.05) is 0 Å². The van der Waals surface area contributed by atoms with Crippen molar-refractivity contribution in [1.82, 2.24) is 0 Å². The second-order valence-corrected chi connectivity index (χ2v) is 16.3. The van der Waals surface area contributed by atoms with E-state index in [0.717, 1.165) is 44.1 Å². The average Bonchev–Trinajstić information content (AvgIpc) is 3.63. The van der Waals surface area contributed by atoms with Crippen molar-refractivity contribution in [3.05, 3.63) is 11.6 Å². The third-order valence-corrected chi connectivity index (χ3v) is 14.2. The van der Waals surface area contributed by atoms with Crippen molar-refractivity contribution in [3.8, 4) is 0 Å². The number of cyclic esters (lactones) is 1. The lowest BCUT2D eigenvalue weighted by molar-refractivity contribution is -0.373. The maximum absolute atomic E-state index is 12.5. The standard InChI is InChI=1S/C35H54O14/c1-33-8-5-18(46-32-30(28(42)26(40)23(14-37)48-32)49-31-29(43)27(41)25(39)22(13-36)47-31)12-17(33)3-4-21-20(33)6-9-34(2)19(7-10-35(21,34)44)16-11-24(38)45-15-16/h11,17-23,25-32,36-37,39-44H,3-10,12-15H2,1-2H3/t17-,18-,19+,20-,21+,22-,23-,25+,26+,27+,28+,29+,30+,31+,32+,33-,34+,35-/m0/s1. The van der Waals surface area contributed by atoms with Crippen LogP contribution in [0.25, 0.3) is 0 Å². The van der Waals surface area contributed by atoms with Crippen LogP contribution in [0.3, 0.4) is 0 Å². The maximum atomic E-state index is 12.5. The van der Waals surface area contributed by atoms with Crippen LogP contribution in [0.4, 0.5) is 0 Å². The van der Waals surface area contributed by atoms with Gasteiger partial charge in [0.25, 0.3) is 0 Å². The highest BCUT2D eigenvalue weighted by Gasteiger charge is 2.68. The fraction of sp³-hybridized carbons (Fsp3) is 0.914. The summed E-state index contributed by atoms with van der Waals surface area (Å²) in [6, 6.07) is 0. The van der Waals surface area contributed by atoms with E-state index in [4.69, 9.17) is 23.7 Å². The Bertz CT molecular complexity index is 1260. The summed E-state index contributed by atoms with van der Waals surface area (Å²) < 4.78 is 29.0. The zero-order valence-corrected chi connectivity index (χ0v) is 28.3. The van der Waals surface area contributed by atoms with Gasteiger partial charge < -0.3 is 64.5 Å². The SMILES string of the molecule is C[C@]12CC[C@H](O[C@@H]3O[C@@H](CO)[C@@H](O)[C@@H](O)[C@H]3O[C@H]3O[C@@H](CO)[C@@H](O)[C@@H](O)[C@H]3O)C[C@@H]1CC[C@@H]1[C@@H]2CC[C@]2(C)[C@@H](C3=CC(=O)OC3)CC[C@]12O. The van der Waals surface area contributed by atoms with Crippen molar-refractivity contribution in [2.45, 2.75) is 145 Å². The number of aliphatic hydroxyl groups excluding tert-OH is 7. The number of esters is 1. The van der Waals surface area contributed by atoms with Gasteiger partial charge in [0.05, 0.1) is 24.9 Å². The highest BCUT2D eigenvalue weighted by molar-refractivity contribution is 5.85. The lowest BCUT2D eigenvalue weighted by Gasteiger charge is -2.64. The number of rotatable bonds is 7. The Balaban J connectivity index is 1.05. The van der Waals surface area contributed by atoms with Crippen LogP contribution in [0.15, 0.2) is 11.6 Å². The molecule has 14 nitrogen and oxygen atoms in total. The Kier molecular flexibility index (Phi) is 9.80. The first kappa shape index (κ1) is 36.1. The van der Waals surface area contributed by atoms with Crippen LogP contribution in [0.1, 0.15) is 71.6 Å². The Morgan fingerprint density at radius 1 is 0.776 bits per heavy atom. The largest absolute Gasteiger partial charge is 0.458 e. The summed E-state index contributed by atoms with van der Waals surface area (Å²) in [6.45, 7) is 3.61. The lowest BCUT2D eigenvalue weighted by atomic mass is 9.43. The first-order valence-electron chi connectivity index (χ1n) is 18.1. The minimum absolute atomic E-state index is 0.0351. The highest BCUT2D eigenvalue weighted by Crippen LogP contribution is 2.70. The molecule has 8 N–H and O–H groups in total. The van der Waals surface area contributed by atoms with Crippen LogP contribution in [0, 0.1) is 34.5 Å². The van der Waals surface area contributed by atoms with E-state index in [2.05, 4.69) is 13.8 Å². The van der Waals surface area contributed by atoms with Crippen LogP contribution in [0.2, 0.25) is 0 Å². The molecule has 49 heavy (non-hydrogen) atoms. The average molecular weight is 699 g/mol. The zero-order chi connectivity index (χ0) is 35.0. The van der Waals surface area contributed by atoms with Crippen LogP contribution < -0.4 is 0 Å². The van der Waals surface area contributed by atoms with Gasteiger partial charge in [-0.25, -0.2) is 4.79 Å². The van der Waals surface area contributed by atoms with E-state index in [1.54, 1.807) is 6.08 Å². The predicted molar refractivity (Wildman–Crippen MR) is 167 cm³/mol. The van der Waals surface area contributed by atoms with Crippen molar-refractivity contribution in [2.24, 2.45) is 34.5 Å². The summed E-state index contributed by atoms with van der Waals surface area (Å²) in [5.74, 6) is 0.596. The molecule has 4 aliphatic carbocycles. The number of hydrogen-bond acceptors (Lipinski definition) is 14. The molecule has 4 saturated carbocycles. The second-order valence-electron chi connectivity index (χ2n) is 16.3. The van der Waals surface area contributed by atoms with Crippen molar-refractivity contribution in [3.63, 3.8) is 0 Å². The normalized spacial score (nSPS) is 54.4. The third-order valence-electron chi connectivity index (χ3n) is 14.2. The summed E-state index contributed by atoms with van der Waals surface area (Å²) in [5.41, 5.74) is -0.165. The zero-order valence-electron chi connectivity index (χ0n) is 28.3. The number of ether oxygens (including phenoxy) is 5. The van der Waals surface area contributed by atoms with Gasteiger partial charge in [-0.2, -0.15) is 0 Å². The van der Waals surface area contributed by atoms with Crippen LogP contribution in [-0.4, -0.2) is 140 Å². The van der Waals surface area contributed by atoms with Gasteiger partial charge in [0.1, 0.15) is 55.4 Å². The van der Waals surface area contributed by atoms with E-state index >= 15 is 0 Å². The molecule has 0 amide bonds. The van der Waals surface area contributed by atoms with Gasteiger partial charge in [0.2, 0.25) is 0 Å². The van der Waals surface area contributed by atoms with Gasteiger partial charge in [-0.1, -0.05) is 13.8 Å². The van der Waals surface area contributed by atoms with Gasteiger partial charge >= 0.3 is 5.97 Å². The summed E-state index contributed by atoms with van der Waals surface area (Å²) in [5, 5.41) is 84.8. The van der Waals surface area contributed by atoms with Gasteiger partial charge in [0.15, 0.2) is 12.6 Å². The minimum Gasteiger partial charge on any atom is -0.458 e. The number of carbonyl (C=O) groups is 1. The molecule has 7 rings (SSSR count). The number of hydrogen-bond donors (Lipinski definition) is 8. The Morgan fingerprint density at radius 2 is 1.47 bits per heavy atom. The van der Waals surface area contributed by atoms with Crippen LogP contribution in [0.5, 0.6) is 0 Å². The van der Waals surface area contributed by atoms with Crippen molar-refractivity contribution in [2.75, 3.05) is 19.8 Å². The van der Waals surface area contributed by atoms with E-state index in [9.17, 15) is 45.6 Å². The Morgan fingerprint density at radius 3 is 2.14 bits per heavy atom. The monoisotopic (exact) mass is 698 g/mol. The van der Waals surface area contributed by atoms with Gasteiger partial charge in [-0.05, 0) is 92.4 Å². The smallest absolute Gasteiger partial charge is 0.331 e. The summed E-state index contributed by atoms with van der Waals surface area (Å²) >= 11 is 0. The Hall–Kier alpha value is -1.27. The van der Waals surface area contributed by atoms with Gasteiger partial charge in [-0.3, -0.25) is 0 Å². The first-order chi connectivity index (χ1) is 23.3. The molecule has 0 unspecified atom stereocenters. The molecule has 3 aliphatic heterocycles. The highest BCUT2D eigenvalue weighted by atomic mass is 16.8. The Labute approximate surface area is 285 Å². The topological polar surface area (TPSA) is 225 Å². The van der Waals surface area contributed by atoms with E-state index in [-0.39, 0.29) is 34.7 Å². The molecule has 7 aliphatic rings. The molecule has 0 aromatic rings. The van der Waals surface area contributed by atoms with E-state index in [0.29, 0.717) is 37.7 Å². The summed E-state index contributed by atoms with van der Waals surface area (Å²) in [7, 11) is 0. The van der Waals surface area contributed by atoms with Crippen molar-refractivity contribution in [1.29, 1.82) is 0 Å². The molecular formula is C35H54O14. The molecule has 0 spiro atoms. The maximum Gasteiger partial charge on any atom is 0.331 e. The minimum atomic E-state index is -1.74. The molecule has 0 bridgehead atoms. The van der Waals surface area contributed by atoms with Crippen molar-refractivity contribution >= 4 is 5.97 Å². The van der Waals surface area contributed by atoms with E-state index < -0.39 is 80.2 Å².